The summed E-state index contributed by atoms with van der Waals surface area (Å²) in [7, 11) is 0. The van der Waals surface area contributed by atoms with Gasteiger partial charge in [0, 0.05) is 22.7 Å². The van der Waals surface area contributed by atoms with E-state index in [1.807, 2.05) is 55.6 Å². The van der Waals surface area contributed by atoms with Crippen molar-refractivity contribution < 1.29 is 23.8 Å². The van der Waals surface area contributed by atoms with Crippen molar-refractivity contribution in [1.82, 2.24) is 10.3 Å². The number of amides is 1. The van der Waals surface area contributed by atoms with Crippen LogP contribution in [0.2, 0.25) is 0 Å². The Labute approximate surface area is 185 Å². The molecule has 0 saturated carbocycles. The zero-order valence-corrected chi connectivity index (χ0v) is 17.7. The van der Waals surface area contributed by atoms with Crippen LogP contribution in [0.1, 0.15) is 21.7 Å². The molecule has 0 bridgehead atoms. The van der Waals surface area contributed by atoms with E-state index < -0.39 is 6.04 Å². The number of ether oxygens (including phenoxy) is 2. The monoisotopic (exact) mass is 432 g/mol. The quantitative estimate of drug-likeness (QED) is 0.430. The molecule has 164 valence electrons. The van der Waals surface area contributed by atoms with Crippen molar-refractivity contribution in [3.8, 4) is 22.8 Å². The number of carbonyl (C=O) groups excluding carboxylic acids is 1. The standard InChI is InChI=1S/C25H24N2O5/c1-15-6-7-22(32-15)16-11-20(24-23(12-16)30-8-9-31-24)25(29)27-18(14-28)10-17-13-26-21-5-3-2-4-19(17)21/h2-7,11-13,18,26,28H,8-10,14H2,1H3,(H,27,29)/t18-/m1/s1. The van der Waals surface area contributed by atoms with E-state index in [2.05, 4.69) is 10.3 Å². The topological polar surface area (TPSA) is 96.7 Å². The summed E-state index contributed by atoms with van der Waals surface area (Å²) in [5, 5.41) is 14.0. The number of aromatic amines is 1. The molecule has 4 aromatic rings. The van der Waals surface area contributed by atoms with Crippen LogP contribution in [0, 0.1) is 6.92 Å². The van der Waals surface area contributed by atoms with E-state index >= 15 is 0 Å². The van der Waals surface area contributed by atoms with Gasteiger partial charge in [-0.05, 0) is 49.2 Å². The minimum atomic E-state index is -0.462. The minimum Gasteiger partial charge on any atom is -0.486 e. The molecule has 0 aliphatic carbocycles. The molecule has 0 unspecified atom stereocenters. The van der Waals surface area contributed by atoms with Crippen LogP contribution in [0.15, 0.2) is 59.1 Å². The number of hydrogen-bond acceptors (Lipinski definition) is 5. The maximum absolute atomic E-state index is 13.3. The number of fused-ring (bicyclic) bond motifs is 2. The molecule has 32 heavy (non-hydrogen) atoms. The highest BCUT2D eigenvalue weighted by molar-refractivity contribution is 5.99. The van der Waals surface area contributed by atoms with Crippen molar-refractivity contribution in [2.45, 2.75) is 19.4 Å². The third kappa shape index (κ3) is 3.83. The SMILES string of the molecule is Cc1ccc(-c2cc3c(c(C(=O)N[C@@H](CO)Cc4c[nH]c5ccccc45)c2)OCCO3)o1. The number of aliphatic hydroxyl groups excluding tert-OH is 1. The van der Waals surface area contributed by atoms with Crippen LogP contribution in [0.25, 0.3) is 22.2 Å². The molecular weight excluding hydrogens is 408 g/mol. The lowest BCUT2D eigenvalue weighted by molar-refractivity contribution is 0.0906. The second-order valence-corrected chi connectivity index (χ2v) is 7.87. The van der Waals surface area contributed by atoms with E-state index in [0.717, 1.165) is 27.8 Å². The average molecular weight is 432 g/mol. The highest BCUT2D eigenvalue weighted by Crippen LogP contribution is 2.39. The highest BCUT2D eigenvalue weighted by atomic mass is 16.6. The molecule has 7 heteroatoms. The van der Waals surface area contributed by atoms with E-state index in [4.69, 9.17) is 13.9 Å². The van der Waals surface area contributed by atoms with Gasteiger partial charge in [-0.25, -0.2) is 0 Å². The highest BCUT2D eigenvalue weighted by Gasteiger charge is 2.25. The number of aliphatic hydroxyl groups is 1. The Bertz CT molecular complexity index is 1270. The maximum Gasteiger partial charge on any atom is 0.255 e. The van der Waals surface area contributed by atoms with Crippen molar-refractivity contribution in [2.24, 2.45) is 0 Å². The molecule has 2 aromatic heterocycles. The van der Waals surface area contributed by atoms with Crippen molar-refractivity contribution in [3.63, 3.8) is 0 Å². The lowest BCUT2D eigenvalue weighted by Gasteiger charge is -2.23. The molecule has 1 aliphatic heterocycles. The Balaban J connectivity index is 1.43. The van der Waals surface area contributed by atoms with Gasteiger partial charge in [-0.3, -0.25) is 4.79 Å². The first-order valence-electron chi connectivity index (χ1n) is 10.6. The Kier molecular flexibility index (Phi) is 5.33. The van der Waals surface area contributed by atoms with E-state index in [1.54, 1.807) is 6.07 Å². The number of aromatic nitrogens is 1. The van der Waals surface area contributed by atoms with Crippen molar-refractivity contribution in [3.05, 3.63) is 71.6 Å². The van der Waals surface area contributed by atoms with Crippen LogP contribution < -0.4 is 14.8 Å². The summed E-state index contributed by atoms with van der Waals surface area (Å²) in [5.74, 6) is 2.00. The molecule has 0 radical (unpaired) electrons. The van der Waals surface area contributed by atoms with Gasteiger partial charge in [0.1, 0.15) is 24.7 Å². The molecule has 0 spiro atoms. The normalized spacial score (nSPS) is 13.8. The molecule has 0 fully saturated rings. The van der Waals surface area contributed by atoms with Crippen LogP contribution in [-0.4, -0.2) is 41.9 Å². The average Bonchev–Trinajstić information content (AvgIpc) is 3.44. The number of furan rings is 1. The number of H-pyrrole nitrogens is 1. The fourth-order valence-corrected chi connectivity index (χ4v) is 4.04. The number of nitrogens with one attached hydrogen (secondary N) is 2. The van der Waals surface area contributed by atoms with Gasteiger partial charge in [0.15, 0.2) is 11.5 Å². The van der Waals surface area contributed by atoms with Crippen LogP contribution in [-0.2, 0) is 6.42 Å². The first kappa shape index (κ1) is 20.2. The van der Waals surface area contributed by atoms with Gasteiger partial charge in [0.25, 0.3) is 5.91 Å². The van der Waals surface area contributed by atoms with Crippen LogP contribution in [0.3, 0.4) is 0 Å². The summed E-state index contributed by atoms with van der Waals surface area (Å²) in [5.41, 5.74) is 3.13. The minimum absolute atomic E-state index is 0.193. The third-order valence-corrected chi connectivity index (χ3v) is 5.61. The number of aryl methyl sites for hydroxylation is 1. The zero-order chi connectivity index (χ0) is 22.1. The van der Waals surface area contributed by atoms with Gasteiger partial charge in [-0.1, -0.05) is 18.2 Å². The zero-order valence-electron chi connectivity index (χ0n) is 17.7. The molecule has 5 rings (SSSR count). The second-order valence-electron chi connectivity index (χ2n) is 7.87. The third-order valence-electron chi connectivity index (χ3n) is 5.61. The lowest BCUT2D eigenvalue weighted by Crippen LogP contribution is -2.39. The van der Waals surface area contributed by atoms with Gasteiger partial charge in [0.05, 0.1) is 18.2 Å². The largest absolute Gasteiger partial charge is 0.486 e. The molecule has 3 N–H and O–H groups in total. The summed E-state index contributed by atoms with van der Waals surface area (Å²) < 4.78 is 17.3. The number of para-hydroxylation sites is 1. The number of rotatable bonds is 6. The Morgan fingerprint density at radius 2 is 2.00 bits per heavy atom. The number of benzene rings is 2. The van der Waals surface area contributed by atoms with E-state index in [9.17, 15) is 9.90 Å². The van der Waals surface area contributed by atoms with Crippen LogP contribution >= 0.6 is 0 Å². The lowest BCUT2D eigenvalue weighted by atomic mass is 10.0. The predicted octanol–water partition coefficient (Wildman–Crippen LogP) is 3.84. The van der Waals surface area contributed by atoms with Gasteiger partial charge in [-0.2, -0.15) is 0 Å². The van der Waals surface area contributed by atoms with E-state index in [1.165, 1.54) is 0 Å². The maximum atomic E-state index is 13.3. The van der Waals surface area contributed by atoms with E-state index in [0.29, 0.717) is 42.5 Å². The summed E-state index contributed by atoms with van der Waals surface area (Å²) in [6, 6.07) is 14.8. The summed E-state index contributed by atoms with van der Waals surface area (Å²) >= 11 is 0. The van der Waals surface area contributed by atoms with E-state index in [-0.39, 0.29) is 12.5 Å². The molecule has 7 nitrogen and oxygen atoms in total. The van der Waals surface area contributed by atoms with Crippen molar-refractivity contribution >= 4 is 16.8 Å². The summed E-state index contributed by atoms with van der Waals surface area (Å²) in [6.45, 7) is 2.45. The smallest absolute Gasteiger partial charge is 0.255 e. The van der Waals surface area contributed by atoms with Gasteiger partial charge >= 0.3 is 0 Å². The first-order chi connectivity index (χ1) is 15.6. The molecule has 1 amide bonds. The second kappa shape index (κ2) is 8.43. The van der Waals surface area contributed by atoms with Crippen molar-refractivity contribution in [1.29, 1.82) is 0 Å². The molecule has 3 heterocycles. The number of hydrogen-bond donors (Lipinski definition) is 3. The Morgan fingerprint density at radius 3 is 2.81 bits per heavy atom. The Hall–Kier alpha value is -3.71. The summed E-state index contributed by atoms with van der Waals surface area (Å²) in [4.78, 5) is 16.5. The first-order valence-corrected chi connectivity index (χ1v) is 10.6. The predicted molar refractivity (Wildman–Crippen MR) is 120 cm³/mol. The molecular formula is C25H24N2O5. The molecule has 2 aromatic carbocycles. The van der Waals surface area contributed by atoms with Gasteiger partial charge in [0.2, 0.25) is 0 Å². The van der Waals surface area contributed by atoms with Crippen LogP contribution in [0.5, 0.6) is 11.5 Å². The number of carbonyl (C=O) groups is 1. The fraction of sp³-hybridized carbons (Fsp3) is 0.240. The molecule has 1 atom stereocenters. The fourth-order valence-electron chi connectivity index (χ4n) is 4.04. The summed E-state index contributed by atoms with van der Waals surface area (Å²) in [6.07, 6.45) is 2.40. The van der Waals surface area contributed by atoms with Crippen LogP contribution in [0.4, 0.5) is 0 Å². The molecule has 1 aliphatic rings. The van der Waals surface area contributed by atoms with Crippen molar-refractivity contribution in [2.75, 3.05) is 19.8 Å². The van der Waals surface area contributed by atoms with Gasteiger partial charge < -0.3 is 29.3 Å². The molecule has 0 saturated heterocycles. The Morgan fingerprint density at radius 1 is 1.16 bits per heavy atom. The van der Waals surface area contributed by atoms with Gasteiger partial charge in [-0.15, -0.1) is 0 Å².